The maximum Gasteiger partial charge on any atom is 0.188 e. The molecule has 0 radical (unpaired) electrons. The SMILES string of the molecule is CS(=O)(=O)/C(Cl)=C(\Cl)C#N.CS(=O)(=O)/C=C/C#N.CS(=O)(=O)/C=C\C#N.CS(=O)(=O)C/C=C/C#N.CS(=O)(=O)CC/C=C/C#N.CS(=O)(=O)CCC/C=C/C#N.CS(=O)(=O)CCCC/C=C/C#N. The third kappa shape index (κ3) is 99.3. The molecular weight excluding hydrogens is 1070 g/mol. The first-order chi connectivity index (χ1) is 30.8. The molecule has 380 valence electrons. The van der Waals surface area contributed by atoms with Crippen LogP contribution in [-0.4, -0.2) is 126 Å². The van der Waals surface area contributed by atoms with Gasteiger partial charge in [0, 0.05) is 96.8 Å². The molecule has 0 atom stereocenters. The molecule has 0 fully saturated rings. The second-order valence-electron chi connectivity index (χ2n) is 12.5. The van der Waals surface area contributed by atoms with Crippen molar-refractivity contribution >= 4 is 92.1 Å². The second-order valence-corrected chi connectivity index (χ2v) is 28.3. The van der Waals surface area contributed by atoms with E-state index in [0.717, 1.165) is 66.9 Å². The van der Waals surface area contributed by atoms with E-state index < -0.39 is 78.3 Å². The summed E-state index contributed by atoms with van der Waals surface area (Å²) in [5, 5.41) is 57.1. The van der Waals surface area contributed by atoms with Gasteiger partial charge in [-0.1, -0.05) is 47.5 Å². The van der Waals surface area contributed by atoms with Crippen LogP contribution in [0.25, 0.3) is 0 Å². The fourth-order valence-corrected chi connectivity index (χ4v) is 6.45. The first kappa shape index (κ1) is 77.1. The van der Waals surface area contributed by atoms with Gasteiger partial charge in [-0.2, -0.15) is 36.8 Å². The van der Waals surface area contributed by atoms with Crippen molar-refractivity contribution in [3.8, 4) is 42.5 Å². The molecule has 0 aromatic carbocycles. The van der Waals surface area contributed by atoms with E-state index in [1.807, 2.05) is 12.1 Å². The molecule has 0 rings (SSSR count). The third-order valence-corrected chi connectivity index (χ3v) is 12.7. The molecule has 0 unspecified atom stereocenters. The molecule has 0 aromatic rings. The summed E-state index contributed by atoms with van der Waals surface area (Å²) in [6.45, 7) is 0. The van der Waals surface area contributed by atoms with Crippen molar-refractivity contribution in [2.45, 2.75) is 38.5 Å². The van der Waals surface area contributed by atoms with Gasteiger partial charge in [0.2, 0.25) is 0 Å². The minimum absolute atomic E-state index is 0.0550. The Bertz CT molecular complexity index is 2810. The zero-order valence-electron chi connectivity index (χ0n) is 38.0. The van der Waals surface area contributed by atoms with Crippen molar-refractivity contribution in [1.82, 2.24) is 0 Å². The number of rotatable bonds is 17. The molecule has 0 aliphatic rings. The van der Waals surface area contributed by atoms with E-state index in [4.69, 9.17) is 60.0 Å². The maximum atomic E-state index is 10.6. The van der Waals surface area contributed by atoms with Crippen molar-refractivity contribution in [3.05, 3.63) is 81.0 Å². The molecule has 0 aromatic heterocycles. The average Bonchev–Trinajstić information content (AvgIpc) is 3.17. The van der Waals surface area contributed by atoms with Gasteiger partial charge in [-0.25, -0.2) is 58.9 Å². The molecule has 21 nitrogen and oxygen atoms in total. The molecular formula is C38H53Cl2N7O14S7. The Morgan fingerprint density at radius 2 is 0.706 bits per heavy atom. The number of nitrogens with zero attached hydrogens (tertiary/aromatic N) is 7. The molecule has 68 heavy (non-hydrogen) atoms. The minimum atomic E-state index is -3.52. The van der Waals surface area contributed by atoms with Crippen LogP contribution in [0.4, 0.5) is 0 Å². The Morgan fingerprint density at radius 1 is 0.397 bits per heavy atom. The number of unbranched alkanes of at least 4 members (excludes halogenated alkanes) is 3. The largest absolute Gasteiger partial charge is 0.229 e. The molecule has 0 spiro atoms. The molecule has 0 saturated heterocycles. The number of sulfone groups is 7. The highest BCUT2D eigenvalue weighted by Gasteiger charge is 2.12. The minimum Gasteiger partial charge on any atom is -0.229 e. The summed E-state index contributed by atoms with van der Waals surface area (Å²) in [5.41, 5.74) is 0. The summed E-state index contributed by atoms with van der Waals surface area (Å²) in [6, 6.07) is 11.7. The van der Waals surface area contributed by atoms with Crippen LogP contribution >= 0.6 is 23.2 Å². The molecule has 0 saturated carbocycles. The van der Waals surface area contributed by atoms with E-state index in [1.165, 1.54) is 49.1 Å². The number of hydrogen-bond donors (Lipinski definition) is 0. The Labute approximate surface area is 413 Å². The van der Waals surface area contributed by atoms with E-state index >= 15 is 0 Å². The molecule has 0 heterocycles. The average molecular weight is 1130 g/mol. The van der Waals surface area contributed by atoms with Crippen molar-refractivity contribution in [3.63, 3.8) is 0 Å². The Kier molecular flexibility index (Phi) is 50.3. The van der Waals surface area contributed by atoms with E-state index in [9.17, 15) is 58.9 Å². The van der Waals surface area contributed by atoms with E-state index in [-0.39, 0.29) is 23.0 Å². The molecule has 0 amide bonds. The highest BCUT2D eigenvalue weighted by atomic mass is 35.5. The van der Waals surface area contributed by atoms with Crippen LogP contribution < -0.4 is 0 Å². The quantitative estimate of drug-likeness (QED) is 0.146. The Balaban J connectivity index is -0.000000128. The lowest BCUT2D eigenvalue weighted by atomic mass is 10.2. The smallest absolute Gasteiger partial charge is 0.188 e. The normalized spacial score (nSPS) is 11.9. The topological polar surface area (TPSA) is 406 Å². The lowest BCUT2D eigenvalue weighted by molar-refractivity contribution is 0.596. The zero-order valence-corrected chi connectivity index (χ0v) is 45.2. The standard InChI is InChI=1S/C8H13NO2S.C7H11NO2S.C6H9NO2S.C5H7NO2S.C4H3Cl2NO2S.2C4H5NO2S/c1-12(10,11)8-6-4-2-3-5-7-9;1-11(9,10)7-5-3-2-4-6-8;1-10(8,9)6-4-2-3-5-7;1-9(7,8)5-3-2-4-6;1-10(8,9)4(6)3(5)2-7;2*1-8(6,7)4-2-3-5/h3,5H,2,4,6,8H2,1H3;2,4H,3,5,7H2,1H3;2-3H,4,6H2,1H3;2-3H,5H2,1H3;1H3;2*2,4H,1H3/b5-3+;4-2+;2*3-2+;4-3-;4-2+;4-2-. The maximum absolute atomic E-state index is 10.6. The molecule has 0 bridgehead atoms. The van der Waals surface area contributed by atoms with Gasteiger partial charge >= 0.3 is 0 Å². The summed E-state index contributed by atoms with van der Waals surface area (Å²) in [6.07, 6.45) is 25.0. The van der Waals surface area contributed by atoms with Gasteiger partial charge in [0.15, 0.2) is 43.7 Å². The monoisotopic (exact) mass is 1130 g/mol. The number of halogens is 2. The fourth-order valence-electron chi connectivity index (χ4n) is 2.57. The van der Waals surface area contributed by atoms with Crippen molar-refractivity contribution < 1.29 is 58.9 Å². The van der Waals surface area contributed by atoms with Crippen LogP contribution in [0.3, 0.4) is 0 Å². The van der Waals surface area contributed by atoms with Gasteiger partial charge in [0.25, 0.3) is 0 Å². The summed E-state index contributed by atoms with van der Waals surface area (Å²) >= 11 is 10.3. The molecule has 30 heteroatoms. The van der Waals surface area contributed by atoms with Gasteiger partial charge in [-0.15, -0.1) is 0 Å². The van der Waals surface area contributed by atoms with Gasteiger partial charge in [-0.3, -0.25) is 0 Å². The third-order valence-electron chi connectivity index (χ3n) is 5.22. The van der Waals surface area contributed by atoms with Gasteiger partial charge in [0.1, 0.15) is 40.6 Å². The van der Waals surface area contributed by atoms with Crippen LogP contribution in [0.15, 0.2) is 81.0 Å². The zero-order chi connectivity index (χ0) is 55.2. The summed E-state index contributed by atoms with van der Waals surface area (Å²) in [5.74, 6) is 0.502. The lowest BCUT2D eigenvalue weighted by Gasteiger charge is -1.94. The highest BCUT2D eigenvalue weighted by Crippen LogP contribution is 2.17. The molecule has 0 aliphatic carbocycles. The predicted octanol–water partition coefficient (Wildman–Crippen LogP) is 4.12. The van der Waals surface area contributed by atoms with Gasteiger partial charge in [-0.05, 0) is 38.5 Å². The number of allylic oxidation sites excluding steroid dienone is 10. The Hall–Kier alpha value is -5.16. The fraction of sp³-hybridized carbons (Fsp3) is 0.447. The summed E-state index contributed by atoms with van der Waals surface area (Å²) in [4.78, 5) is 0. The Morgan fingerprint density at radius 3 is 0.956 bits per heavy atom. The van der Waals surface area contributed by atoms with Crippen molar-refractivity contribution in [1.29, 1.82) is 36.8 Å². The highest BCUT2D eigenvalue weighted by molar-refractivity contribution is 7.96. The van der Waals surface area contributed by atoms with Crippen LogP contribution in [0, 0.1) is 79.3 Å². The molecule has 0 aliphatic heterocycles. The van der Waals surface area contributed by atoms with E-state index in [0.29, 0.717) is 25.7 Å². The predicted molar refractivity (Wildman–Crippen MR) is 264 cm³/mol. The van der Waals surface area contributed by atoms with Crippen LogP contribution in [-0.2, 0) is 68.9 Å². The summed E-state index contributed by atoms with van der Waals surface area (Å²) in [7, 11) is -21.1. The van der Waals surface area contributed by atoms with Crippen LogP contribution in [0.5, 0.6) is 0 Å². The summed E-state index contributed by atoms with van der Waals surface area (Å²) < 4.78 is 145. The second kappa shape index (κ2) is 44.4. The van der Waals surface area contributed by atoms with Gasteiger partial charge in [0.05, 0.1) is 53.7 Å². The van der Waals surface area contributed by atoms with Crippen molar-refractivity contribution in [2.24, 2.45) is 0 Å². The van der Waals surface area contributed by atoms with Crippen LogP contribution in [0.1, 0.15) is 38.5 Å². The molecule has 0 N–H and O–H groups in total. The first-order valence-corrected chi connectivity index (χ1v) is 32.6. The van der Waals surface area contributed by atoms with Gasteiger partial charge < -0.3 is 0 Å². The first-order valence-electron chi connectivity index (χ1n) is 17.8. The van der Waals surface area contributed by atoms with E-state index in [1.54, 1.807) is 42.5 Å². The number of nitriles is 7. The number of hydrogen-bond acceptors (Lipinski definition) is 21. The van der Waals surface area contributed by atoms with E-state index in [2.05, 4.69) is 0 Å². The lowest BCUT2D eigenvalue weighted by Crippen LogP contribution is -2.02. The van der Waals surface area contributed by atoms with Crippen LogP contribution in [0.2, 0.25) is 0 Å². The van der Waals surface area contributed by atoms with Crippen molar-refractivity contribution in [2.75, 3.05) is 66.8 Å².